The standard InChI is InChI=1S/C18H24ClN3O/c1-18(2,3)16-13-7-5-6-10-20-17(13)22(21-16)14-11-12(19)8-9-15(14)23-4/h8-9,11,20H,5-7,10H2,1-4H3. The molecule has 124 valence electrons. The third-order valence-electron chi connectivity index (χ3n) is 4.21. The average molecular weight is 334 g/mol. The minimum atomic E-state index is -0.00678. The lowest BCUT2D eigenvalue weighted by Gasteiger charge is -2.17. The van der Waals surface area contributed by atoms with Crippen LogP contribution < -0.4 is 10.1 Å². The lowest BCUT2D eigenvalue weighted by molar-refractivity contribution is 0.411. The molecule has 1 aliphatic heterocycles. The lowest BCUT2D eigenvalue weighted by atomic mass is 9.88. The number of nitrogens with one attached hydrogen (secondary N) is 1. The number of methoxy groups -OCH3 is 1. The normalized spacial score (nSPS) is 14.8. The third kappa shape index (κ3) is 3.05. The molecule has 0 bridgehead atoms. The Morgan fingerprint density at radius 3 is 2.74 bits per heavy atom. The maximum atomic E-state index is 6.22. The molecule has 0 saturated carbocycles. The SMILES string of the molecule is COc1ccc(Cl)cc1-n1nc(C(C)(C)C)c2c1NCCCC2. The van der Waals surface area contributed by atoms with Crippen molar-refractivity contribution in [3.63, 3.8) is 0 Å². The number of hydrogen-bond donors (Lipinski definition) is 1. The van der Waals surface area contributed by atoms with E-state index in [1.54, 1.807) is 7.11 Å². The van der Waals surface area contributed by atoms with Crippen molar-refractivity contribution in [3.8, 4) is 11.4 Å². The molecule has 0 fully saturated rings. The molecule has 1 aromatic heterocycles. The van der Waals surface area contributed by atoms with Crippen LogP contribution in [0.25, 0.3) is 5.69 Å². The first-order chi connectivity index (χ1) is 10.9. The van der Waals surface area contributed by atoms with Gasteiger partial charge in [-0.25, -0.2) is 4.68 Å². The number of fused-ring (bicyclic) bond motifs is 1. The molecule has 5 heteroatoms. The van der Waals surface area contributed by atoms with Crippen LogP contribution in [0.5, 0.6) is 5.75 Å². The Bertz CT molecular complexity index is 716. The van der Waals surface area contributed by atoms with E-state index >= 15 is 0 Å². The van der Waals surface area contributed by atoms with Gasteiger partial charge in [-0.2, -0.15) is 5.10 Å². The Morgan fingerprint density at radius 2 is 2.04 bits per heavy atom. The Labute approximate surface area is 142 Å². The first-order valence-electron chi connectivity index (χ1n) is 8.12. The van der Waals surface area contributed by atoms with E-state index in [4.69, 9.17) is 21.4 Å². The summed E-state index contributed by atoms with van der Waals surface area (Å²) in [6.45, 7) is 7.59. The topological polar surface area (TPSA) is 39.1 Å². The van der Waals surface area contributed by atoms with E-state index in [-0.39, 0.29) is 5.41 Å². The molecule has 1 aliphatic rings. The monoisotopic (exact) mass is 333 g/mol. The van der Waals surface area contributed by atoms with Crippen molar-refractivity contribution < 1.29 is 4.74 Å². The van der Waals surface area contributed by atoms with Gasteiger partial charge in [-0.05, 0) is 37.5 Å². The molecule has 3 rings (SSSR count). The maximum absolute atomic E-state index is 6.22. The van der Waals surface area contributed by atoms with Crippen LogP contribution in [-0.2, 0) is 11.8 Å². The molecular weight excluding hydrogens is 310 g/mol. The summed E-state index contributed by atoms with van der Waals surface area (Å²) in [7, 11) is 1.67. The summed E-state index contributed by atoms with van der Waals surface area (Å²) >= 11 is 6.22. The second-order valence-corrected chi connectivity index (χ2v) is 7.47. The molecule has 4 nitrogen and oxygen atoms in total. The van der Waals surface area contributed by atoms with Crippen LogP contribution in [0.15, 0.2) is 18.2 Å². The van der Waals surface area contributed by atoms with Crippen molar-refractivity contribution in [2.45, 2.75) is 45.4 Å². The Balaban J connectivity index is 2.24. The minimum Gasteiger partial charge on any atom is -0.494 e. The van der Waals surface area contributed by atoms with Crippen molar-refractivity contribution >= 4 is 17.4 Å². The molecule has 0 atom stereocenters. The molecule has 0 spiro atoms. The molecule has 0 amide bonds. The predicted molar refractivity (Wildman–Crippen MR) is 95.3 cm³/mol. The van der Waals surface area contributed by atoms with Gasteiger partial charge in [0.25, 0.3) is 0 Å². The molecule has 0 unspecified atom stereocenters. The van der Waals surface area contributed by atoms with Gasteiger partial charge in [-0.1, -0.05) is 32.4 Å². The van der Waals surface area contributed by atoms with Gasteiger partial charge >= 0.3 is 0 Å². The predicted octanol–water partition coefficient (Wildman–Crippen LogP) is 4.58. The smallest absolute Gasteiger partial charge is 0.144 e. The molecular formula is C18H24ClN3O. The minimum absolute atomic E-state index is 0.00678. The zero-order valence-corrected chi connectivity index (χ0v) is 15.0. The largest absolute Gasteiger partial charge is 0.494 e. The van der Waals surface area contributed by atoms with Crippen molar-refractivity contribution in [1.82, 2.24) is 9.78 Å². The summed E-state index contributed by atoms with van der Waals surface area (Å²) < 4.78 is 7.49. The van der Waals surface area contributed by atoms with Gasteiger partial charge in [-0.3, -0.25) is 0 Å². The van der Waals surface area contributed by atoms with E-state index in [2.05, 4.69) is 26.1 Å². The number of ether oxygens (including phenoxy) is 1. The maximum Gasteiger partial charge on any atom is 0.144 e. The van der Waals surface area contributed by atoms with E-state index in [0.29, 0.717) is 5.02 Å². The molecule has 2 heterocycles. The molecule has 0 radical (unpaired) electrons. The zero-order chi connectivity index (χ0) is 16.6. The molecule has 2 aromatic rings. The van der Waals surface area contributed by atoms with Crippen LogP contribution >= 0.6 is 11.6 Å². The highest BCUT2D eigenvalue weighted by atomic mass is 35.5. The average Bonchev–Trinajstić information content (AvgIpc) is 2.70. The second-order valence-electron chi connectivity index (χ2n) is 7.04. The van der Waals surface area contributed by atoms with E-state index in [1.807, 2.05) is 22.9 Å². The highest BCUT2D eigenvalue weighted by Gasteiger charge is 2.28. The number of rotatable bonds is 2. The molecule has 0 aliphatic carbocycles. The first-order valence-corrected chi connectivity index (χ1v) is 8.50. The van der Waals surface area contributed by atoms with Gasteiger partial charge in [0.15, 0.2) is 0 Å². The van der Waals surface area contributed by atoms with Crippen LogP contribution in [0.1, 0.15) is 44.9 Å². The van der Waals surface area contributed by atoms with Gasteiger partial charge in [0, 0.05) is 22.5 Å². The summed E-state index contributed by atoms with van der Waals surface area (Å²) in [6, 6.07) is 5.63. The summed E-state index contributed by atoms with van der Waals surface area (Å²) in [5.41, 5.74) is 3.33. The van der Waals surface area contributed by atoms with E-state index in [9.17, 15) is 0 Å². The van der Waals surface area contributed by atoms with Crippen LogP contribution in [0.2, 0.25) is 5.02 Å². The first kappa shape index (κ1) is 16.2. The lowest BCUT2D eigenvalue weighted by Crippen LogP contribution is -2.15. The summed E-state index contributed by atoms with van der Waals surface area (Å²) in [4.78, 5) is 0. The van der Waals surface area contributed by atoms with Crippen LogP contribution in [0, 0.1) is 0 Å². The summed E-state index contributed by atoms with van der Waals surface area (Å²) in [5.74, 6) is 1.85. The molecule has 1 aromatic carbocycles. The van der Waals surface area contributed by atoms with Crippen molar-refractivity contribution in [2.75, 3.05) is 19.0 Å². The number of benzene rings is 1. The van der Waals surface area contributed by atoms with Crippen LogP contribution in [-0.4, -0.2) is 23.4 Å². The van der Waals surface area contributed by atoms with Gasteiger partial charge in [0.2, 0.25) is 0 Å². The Morgan fingerprint density at radius 1 is 1.26 bits per heavy atom. The number of halogens is 1. The Kier molecular flexibility index (Phi) is 4.28. The number of nitrogens with zero attached hydrogens (tertiary/aromatic N) is 2. The molecule has 0 saturated heterocycles. The van der Waals surface area contributed by atoms with E-state index in [0.717, 1.165) is 35.9 Å². The van der Waals surface area contributed by atoms with Crippen LogP contribution in [0.3, 0.4) is 0 Å². The summed E-state index contributed by atoms with van der Waals surface area (Å²) in [5, 5.41) is 9.17. The van der Waals surface area contributed by atoms with Gasteiger partial charge in [0.1, 0.15) is 17.3 Å². The van der Waals surface area contributed by atoms with E-state index in [1.165, 1.54) is 18.4 Å². The van der Waals surface area contributed by atoms with Gasteiger partial charge in [0.05, 0.1) is 12.8 Å². The van der Waals surface area contributed by atoms with Crippen LogP contribution in [0.4, 0.5) is 5.82 Å². The highest BCUT2D eigenvalue weighted by Crippen LogP contribution is 2.37. The van der Waals surface area contributed by atoms with Crippen molar-refractivity contribution in [3.05, 3.63) is 34.5 Å². The highest BCUT2D eigenvalue weighted by molar-refractivity contribution is 6.30. The third-order valence-corrected chi connectivity index (χ3v) is 4.44. The fourth-order valence-electron chi connectivity index (χ4n) is 3.11. The number of hydrogen-bond acceptors (Lipinski definition) is 3. The number of anilines is 1. The fourth-order valence-corrected chi connectivity index (χ4v) is 3.27. The second kappa shape index (κ2) is 6.08. The van der Waals surface area contributed by atoms with Gasteiger partial charge in [-0.15, -0.1) is 0 Å². The van der Waals surface area contributed by atoms with Gasteiger partial charge < -0.3 is 10.1 Å². The zero-order valence-electron chi connectivity index (χ0n) is 14.2. The summed E-state index contributed by atoms with van der Waals surface area (Å²) in [6.07, 6.45) is 3.41. The fraction of sp³-hybridized carbons (Fsp3) is 0.500. The number of aromatic nitrogens is 2. The van der Waals surface area contributed by atoms with E-state index < -0.39 is 0 Å². The Hall–Kier alpha value is -1.68. The van der Waals surface area contributed by atoms with Crippen molar-refractivity contribution in [2.24, 2.45) is 0 Å². The quantitative estimate of drug-likeness (QED) is 0.874. The molecule has 1 N–H and O–H groups in total. The molecule has 23 heavy (non-hydrogen) atoms. The van der Waals surface area contributed by atoms with Crippen molar-refractivity contribution in [1.29, 1.82) is 0 Å².